The molecule has 3 rings (SSSR count). The standard InChI is InChI=1S/C12H15N/c1-8-3-2-4-9-7-10-5-6-11(13-10)12(8)9/h2-4,10-11,13H,5-7H2,1H3/t10-,11+/m1/s1. The van der Waals surface area contributed by atoms with Crippen molar-refractivity contribution in [3.63, 3.8) is 0 Å². The Morgan fingerprint density at radius 3 is 3.15 bits per heavy atom. The van der Waals surface area contributed by atoms with Crippen LogP contribution in [0.2, 0.25) is 0 Å². The Labute approximate surface area is 79.2 Å². The molecule has 0 radical (unpaired) electrons. The van der Waals surface area contributed by atoms with Gasteiger partial charge < -0.3 is 5.32 Å². The van der Waals surface area contributed by atoms with Gasteiger partial charge in [-0.25, -0.2) is 0 Å². The fourth-order valence-corrected chi connectivity index (χ4v) is 2.89. The van der Waals surface area contributed by atoms with Crippen LogP contribution in [0.1, 0.15) is 35.6 Å². The first-order valence-corrected chi connectivity index (χ1v) is 5.19. The summed E-state index contributed by atoms with van der Waals surface area (Å²) in [5.74, 6) is 0. The zero-order chi connectivity index (χ0) is 8.84. The van der Waals surface area contributed by atoms with Crippen LogP contribution in [0.5, 0.6) is 0 Å². The molecule has 0 amide bonds. The third-order valence-electron chi connectivity index (χ3n) is 3.47. The van der Waals surface area contributed by atoms with E-state index in [4.69, 9.17) is 0 Å². The van der Waals surface area contributed by atoms with Crippen molar-refractivity contribution in [2.45, 2.75) is 38.3 Å². The zero-order valence-corrected chi connectivity index (χ0v) is 8.01. The summed E-state index contributed by atoms with van der Waals surface area (Å²) in [6.07, 6.45) is 3.94. The van der Waals surface area contributed by atoms with Crippen molar-refractivity contribution in [3.8, 4) is 0 Å². The molecule has 0 saturated carbocycles. The topological polar surface area (TPSA) is 12.0 Å². The quantitative estimate of drug-likeness (QED) is 0.635. The molecule has 2 bridgehead atoms. The molecule has 1 N–H and O–H groups in total. The minimum Gasteiger partial charge on any atom is -0.307 e. The minimum absolute atomic E-state index is 0.662. The van der Waals surface area contributed by atoms with Gasteiger partial charge in [-0.15, -0.1) is 0 Å². The molecule has 1 aromatic carbocycles. The van der Waals surface area contributed by atoms with Crippen LogP contribution in [0.3, 0.4) is 0 Å². The van der Waals surface area contributed by atoms with Gasteiger partial charge in [-0.2, -0.15) is 0 Å². The molecule has 1 saturated heterocycles. The van der Waals surface area contributed by atoms with Gasteiger partial charge >= 0.3 is 0 Å². The lowest BCUT2D eigenvalue weighted by molar-refractivity contribution is 0.513. The molecular formula is C12H15N. The Morgan fingerprint density at radius 1 is 1.31 bits per heavy atom. The van der Waals surface area contributed by atoms with E-state index in [2.05, 4.69) is 30.4 Å². The Balaban J connectivity index is 2.17. The highest BCUT2D eigenvalue weighted by Crippen LogP contribution is 2.37. The normalized spacial score (nSPS) is 30.2. The average molecular weight is 173 g/mol. The first-order valence-electron chi connectivity index (χ1n) is 5.19. The number of hydrogen-bond donors (Lipinski definition) is 1. The number of benzene rings is 1. The average Bonchev–Trinajstić information content (AvgIpc) is 2.48. The first kappa shape index (κ1) is 7.57. The smallest absolute Gasteiger partial charge is 0.0328 e. The summed E-state index contributed by atoms with van der Waals surface area (Å²) < 4.78 is 0. The summed E-state index contributed by atoms with van der Waals surface area (Å²) in [7, 11) is 0. The van der Waals surface area contributed by atoms with Crippen LogP contribution < -0.4 is 5.32 Å². The van der Waals surface area contributed by atoms with Crippen molar-refractivity contribution < 1.29 is 0 Å². The van der Waals surface area contributed by atoms with E-state index in [0.717, 1.165) is 6.04 Å². The van der Waals surface area contributed by atoms with E-state index in [-0.39, 0.29) is 0 Å². The van der Waals surface area contributed by atoms with E-state index in [1.807, 2.05) is 0 Å². The molecule has 68 valence electrons. The van der Waals surface area contributed by atoms with E-state index < -0.39 is 0 Å². The van der Waals surface area contributed by atoms with Gasteiger partial charge in [-0.3, -0.25) is 0 Å². The lowest BCUT2D eigenvalue weighted by Gasteiger charge is -2.26. The molecule has 2 aliphatic heterocycles. The Kier molecular flexibility index (Phi) is 1.50. The molecule has 0 spiro atoms. The highest BCUT2D eigenvalue weighted by Gasteiger charge is 2.32. The van der Waals surface area contributed by atoms with Gasteiger partial charge in [0.2, 0.25) is 0 Å². The highest BCUT2D eigenvalue weighted by molar-refractivity contribution is 5.40. The summed E-state index contributed by atoms with van der Waals surface area (Å²) in [5, 5.41) is 3.69. The molecule has 13 heavy (non-hydrogen) atoms. The molecule has 2 atom stereocenters. The van der Waals surface area contributed by atoms with Crippen LogP contribution in [0, 0.1) is 6.92 Å². The van der Waals surface area contributed by atoms with Gasteiger partial charge in [0, 0.05) is 12.1 Å². The van der Waals surface area contributed by atoms with Crippen molar-refractivity contribution in [1.29, 1.82) is 0 Å². The second-order valence-electron chi connectivity index (χ2n) is 4.35. The molecule has 1 aromatic rings. The van der Waals surface area contributed by atoms with Gasteiger partial charge in [0.05, 0.1) is 0 Å². The summed E-state index contributed by atoms with van der Waals surface area (Å²) in [5.41, 5.74) is 4.65. The molecule has 1 fully saturated rings. The Morgan fingerprint density at radius 2 is 2.23 bits per heavy atom. The fourth-order valence-electron chi connectivity index (χ4n) is 2.89. The lowest BCUT2D eigenvalue weighted by atomic mass is 9.91. The van der Waals surface area contributed by atoms with Crippen molar-refractivity contribution in [2.75, 3.05) is 0 Å². The maximum atomic E-state index is 3.69. The molecule has 0 aromatic heterocycles. The van der Waals surface area contributed by atoms with Crippen LogP contribution in [-0.4, -0.2) is 6.04 Å². The molecule has 2 aliphatic rings. The second kappa shape index (κ2) is 2.58. The molecule has 0 unspecified atom stereocenters. The van der Waals surface area contributed by atoms with E-state index in [9.17, 15) is 0 Å². The van der Waals surface area contributed by atoms with Crippen LogP contribution in [0.4, 0.5) is 0 Å². The molecule has 0 aliphatic carbocycles. The minimum atomic E-state index is 0.662. The number of rotatable bonds is 0. The SMILES string of the molecule is Cc1cccc2c1[C@@H]1CC[C@H](C2)N1. The number of nitrogens with one attached hydrogen (secondary N) is 1. The first-order chi connectivity index (χ1) is 6.34. The number of fused-ring (bicyclic) bond motifs is 4. The molecule has 2 heterocycles. The summed E-state index contributed by atoms with van der Waals surface area (Å²) in [4.78, 5) is 0. The predicted molar refractivity (Wildman–Crippen MR) is 53.8 cm³/mol. The van der Waals surface area contributed by atoms with Crippen molar-refractivity contribution in [2.24, 2.45) is 0 Å². The number of hydrogen-bond acceptors (Lipinski definition) is 1. The predicted octanol–water partition coefficient (Wildman–Crippen LogP) is 2.34. The Bertz CT molecular complexity index is 343. The van der Waals surface area contributed by atoms with Crippen LogP contribution in [-0.2, 0) is 6.42 Å². The fraction of sp³-hybridized carbons (Fsp3) is 0.500. The van der Waals surface area contributed by atoms with Gasteiger partial charge in [-0.1, -0.05) is 18.2 Å². The molecule has 1 heteroatoms. The maximum Gasteiger partial charge on any atom is 0.0328 e. The third kappa shape index (κ3) is 1.03. The van der Waals surface area contributed by atoms with Crippen LogP contribution >= 0.6 is 0 Å². The van der Waals surface area contributed by atoms with E-state index in [1.54, 1.807) is 11.1 Å². The molecular weight excluding hydrogens is 158 g/mol. The van der Waals surface area contributed by atoms with E-state index in [0.29, 0.717) is 6.04 Å². The summed E-state index contributed by atoms with van der Waals surface area (Å²) in [6.45, 7) is 2.24. The van der Waals surface area contributed by atoms with E-state index in [1.165, 1.54) is 24.8 Å². The zero-order valence-electron chi connectivity index (χ0n) is 8.01. The third-order valence-corrected chi connectivity index (χ3v) is 3.47. The highest BCUT2D eigenvalue weighted by atomic mass is 15.0. The lowest BCUT2D eigenvalue weighted by Crippen LogP contribution is -2.32. The van der Waals surface area contributed by atoms with Gasteiger partial charge in [0.1, 0.15) is 0 Å². The number of aryl methyl sites for hydroxylation is 1. The van der Waals surface area contributed by atoms with Crippen LogP contribution in [0.25, 0.3) is 0 Å². The van der Waals surface area contributed by atoms with Gasteiger partial charge in [-0.05, 0) is 42.9 Å². The van der Waals surface area contributed by atoms with Crippen molar-refractivity contribution in [1.82, 2.24) is 5.32 Å². The maximum absolute atomic E-state index is 3.69. The van der Waals surface area contributed by atoms with Crippen LogP contribution in [0.15, 0.2) is 18.2 Å². The van der Waals surface area contributed by atoms with E-state index >= 15 is 0 Å². The second-order valence-corrected chi connectivity index (χ2v) is 4.35. The molecule has 1 nitrogen and oxygen atoms in total. The Hall–Kier alpha value is -0.820. The van der Waals surface area contributed by atoms with Gasteiger partial charge in [0.15, 0.2) is 0 Å². The monoisotopic (exact) mass is 173 g/mol. The van der Waals surface area contributed by atoms with Gasteiger partial charge in [0.25, 0.3) is 0 Å². The van der Waals surface area contributed by atoms with Crippen molar-refractivity contribution in [3.05, 3.63) is 34.9 Å². The largest absolute Gasteiger partial charge is 0.307 e. The summed E-state index contributed by atoms with van der Waals surface area (Å²) >= 11 is 0. The van der Waals surface area contributed by atoms with Crippen molar-refractivity contribution >= 4 is 0 Å². The summed E-state index contributed by atoms with van der Waals surface area (Å²) in [6, 6.07) is 8.15.